The molecule has 34 heavy (non-hydrogen) atoms. The molecule has 0 aromatic heterocycles. The zero-order valence-electron chi connectivity index (χ0n) is 20.8. The van der Waals surface area contributed by atoms with Crippen molar-refractivity contribution in [2.24, 2.45) is 11.3 Å². The zero-order valence-corrected chi connectivity index (χ0v) is 20.8. The maximum Gasteiger partial charge on any atom is 0.229 e. The lowest BCUT2D eigenvalue weighted by Crippen LogP contribution is -2.47. The molecule has 0 bridgehead atoms. The predicted molar refractivity (Wildman–Crippen MR) is 138 cm³/mol. The molecule has 182 valence electrons. The van der Waals surface area contributed by atoms with Gasteiger partial charge >= 0.3 is 0 Å². The Morgan fingerprint density at radius 3 is 2.24 bits per heavy atom. The van der Waals surface area contributed by atoms with Crippen LogP contribution in [0, 0.1) is 11.3 Å². The van der Waals surface area contributed by atoms with Crippen LogP contribution in [0.4, 0.5) is 11.4 Å². The van der Waals surface area contributed by atoms with Gasteiger partial charge in [0.2, 0.25) is 11.8 Å². The molecule has 4 rings (SSSR count). The van der Waals surface area contributed by atoms with Crippen LogP contribution in [0.2, 0.25) is 0 Å². The summed E-state index contributed by atoms with van der Waals surface area (Å²) in [6, 6.07) is 18.8. The van der Waals surface area contributed by atoms with Gasteiger partial charge in [0, 0.05) is 62.6 Å². The van der Waals surface area contributed by atoms with E-state index in [1.807, 2.05) is 37.8 Å². The van der Waals surface area contributed by atoms with Crippen LogP contribution in [0.15, 0.2) is 54.6 Å². The maximum atomic E-state index is 12.9. The summed E-state index contributed by atoms with van der Waals surface area (Å²) < 4.78 is 0. The van der Waals surface area contributed by atoms with E-state index in [0.717, 1.165) is 57.8 Å². The van der Waals surface area contributed by atoms with Crippen LogP contribution in [0.1, 0.15) is 39.2 Å². The fourth-order valence-corrected chi connectivity index (χ4v) is 4.86. The van der Waals surface area contributed by atoms with Gasteiger partial charge in [-0.15, -0.1) is 0 Å². The molecule has 2 aromatic rings. The van der Waals surface area contributed by atoms with Gasteiger partial charge in [-0.1, -0.05) is 51.1 Å². The van der Waals surface area contributed by atoms with Gasteiger partial charge in [0.05, 0.1) is 5.92 Å². The number of nitrogens with one attached hydrogen (secondary N) is 1. The lowest BCUT2D eigenvalue weighted by atomic mass is 9.91. The molecule has 0 spiro atoms. The van der Waals surface area contributed by atoms with Crippen molar-refractivity contribution in [2.45, 2.75) is 40.2 Å². The fraction of sp³-hybridized carbons (Fsp3) is 0.500. The van der Waals surface area contributed by atoms with E-state index in [4.69, 9.17) is 0 Å². The van der Waals surface area contributed by atoms with E-state index < -0.39 is 5.41 Å². The van der Waals surface area contributed by atoms with Crippen LogP contribution in [-0.2, 0) is 16.1 Å². The van der Waals surface area contributed by atoms with Crippen molar-refractivity contribution in [2.75, 3.05) is 49.5 Å². The molecule has 0 saturated carbocycles. The second-order valence-electron chi connectivity index (χ2n) is 10.6. The smallest absolute Gasteiger partial charge is 0.229 e. The number of carbonyl (C=O) groups excluding carboxylic acids is 2. The second-order valence-corrected chi connectivity index (χ2v) is 10.6. The van der Waals surface area contributed by atoms with E-state index in [0.29, 0.717) is 6.54 Å². The summed E-state index contributed by atoms with van der Waals surface area (Å²) in [4.78, 5) is 32.3. The van der Waals surface area contributed by atoms with Crippen molar-refractivity contribution < 1.29 is 9.59 Å². The first-order valence-corrected chi connectivity index (χ1v) is 12.5. The number of benzene rings is 2. The van der Waals surface area contributed by atoms with Gasteiger partial charge in [0.15, 0.2) is 0 Å². The maximum absolute atomic E-state index is 12.9. The number of likely N-dealkylation sites (tertiary alicyclic amines) is 1. The number of hydrogen-bond acceptors (Lipinski definition) is 4. The predicted octanol–water partition coefficient (Wildman–Crippen LogP) is 4.23. The number of nitrogens with zero attached hydrogens (tertiary/aromatic N) is 3. The first-order valence-electron chi connectivity index (χ1n) is 12.5. The van der Waals surface area contributed by atoms with E-state index in [9.17, 15) is 9.59 Å². The molecule has 1 N–H and O–H groups in total. The Morgan fingerprint density at radius 1 is 0.912 bits per heavy atom. The van der Waals surface area contributed by atoms with Crippen LogP contribution >= 0.6 is 0 Å². The first-order chi connectivity index (χ1) is 16.3. The average molecular weight is 463 g/mol. The molecule has 0 aliphatic carbocycles. The lowest BCUT2D eigenvalue weighted by Gasteiger charge is -2.36. The average Bonchev–Trinajstić information content (AvgIpc) is 2.85. The van der Waals surface area contributed by atoms with Gasteiger partial charge in [-0.2, -0.15) is 0 Å². The van der Waals surface area contributed by atoms with Crippen LogP contribution < -0.4 is 10.2 Å². The summed E-state index contributed by atoms with van der Waals surface area (Å²) in [7, 11) is 0. The second kappa shape index (κ2) is 10.6. The Kier molecular flexibility index (Phi) is 7.57. The topological polar surface area (TPSA) is 55.9 Å². The highest BCUT2D eigenvalue weighted by Crippen LogP contribution is 2.25. The minimum atomic E-state index is -0.415. The van der Waals surface area contributed by atoms with E-state index in [1.54, 1.807) is 0 Å². The number of anilines is 2. The number of rotatable bonds is 5. The summed E-state index contributed by atoms with van der Waals surface area (Å²) in [6.45, 7) is 12.1. The Bertz CT molecular complexity index is 960. The Morgan fingerprint density at radius 2 is 1.59 bits per heavy atom. The Hall–Kier alpha value is -2.86. The van der Waals surface area contributed by atoms with Gasteiger partial charge in [-0.3, -0.25) is 14.5 Å². The van der Waals surface area contributed by atoms with Crippen molar-refractivity contribution in [1.82, 2.24) is 9.80 Å². The number of carbonyl (C=O) groups is 2. The third-order valence-electron chi connectivity index (χ3n) is 6.84. The van der Waals surface area contributed by atoms with E-state index in [1.165, 1.54) is 11.3 Å². The highest BCUT2D eigenvalue weighted by Gasteiger charge is 2.33. The minimum absolute atomic E-state index is 0.00804. The van der Waals surface area contributed by atoms with Gasteiger partial charge in [-0.05, 0) is 42.7 Å². The summed E-state index contributed by atoms with van der Waals surface area (Å²) in [5.74, 6) is -0.0238. The third-order valence-corrected chi connectivity index (χ3v) is 6.84. The molecule has 2 aliphatic rings. The summed E-state index contributed by atoms with van der Waals surface area (Å²) in [6.07, 6.45) is 1.69. The molecular weight excluding hydrogens is 424 g/mol. The van der Waals surface area contributed by atoms with Crippen molar-refractivity contribution in [1.29, 1.82) is 0 Å². The first kappa shape index (κ1) is 24.3. The van der Waals surface area contributed by atoms with Gasteiger partial charge in [-0.25, -0.2) is 0 Å². The highest BCUT2D eigenvalue weighted by atomic mass is 16.2. The molecule has 6 nitrogen and oxygen atoms in total. The van der Waals surface area contributed by atoms with Gasteiger partial charge in [0.1, 0.15) is 0 Å². The highest BCUT2D eigenvalue weighted by molar-refractivity contribution is 5.93. The minimum Gasteiger partial charge on any atom is -0.369 e. The van der Waals surface area contributed by atoms with Crippen molar-refractivity contribution >= 4 is 23.2 Å². The van der Waals surface area contributed by atoms with Crippen molar-refractivity contribution in [3.8, 4) is 0 Å². The quantitative estimate of drug-likeness (QED) is 0.723. The Labute approximate surface area is 203 Å². The summed E-state index contributed by atoms with van der Waals surface area (Å²) in [5, 5.41) is 3.07. The Balaban J connectivity index is 1.27. The third kappa shape index (κ3) is 6.17. The summed E-state index contributed by atoms with van der Waals surface area (Å²) in [5.41, 5.74) is 2.95. The molecule has 2 heterocycles. The molecule has 2 aromatic carbocycles. The molecule has 1 unspecified atom stereocenters. The number of piperidine rings is 1. The van der Waals surface area contributed by atoms with Gasteiger partial charge in [0.25, 0.3) is 0 Å². The largest absolute Gasteiger partial charge is 0.369 e. The van der Waals surface area contributed by atoms with Crippen LogP contribution in [0.25, 0.3) is 0 Å². The van der Waals surface area contributed by atoms with Crippen molar-refractivity contribution in [3.05, 3.63) is 60.2 Å². The lowest BCUT2D eigenvalue weighted by molar-refractivity contribution is -0.142. The van der Waals surface area contributed by atoms with Crippen LogP contribution in [0.5, 0.6) is 0 Å². The SMILES string of the molecule is CC(C)(C)C(=O)N1CCCC(C(=O)Nc2ccc(N3CCN(Cc4ccccc4)CC3)cc2)C1. The molecule has 2 aliphatic heterocycles. The van der Waals surface area contributed by atoms with Crippen molar-refractivity contribution in [3.63, 3.8) is 0 Å². The normalized spacial score (nSPS) is 19.7. The molecule has 2 amide bonds. The zero-order chi connectivity index (χ0) is 24.1. The summed E-state index contributed by atoms with van der Waals surface area (Å²) >= 11 is 0. The molecule has 2 saturated heterocycles. The molecule has 1 atom stereocenters. The number of hydrogen-bond donors (Lipinski definition) is 1. The van der Waals surface area contributed by atoms with Gasteiger partial charge < -0.3 is 15.1 Å². The van der Waals surface area contributed by atoms with E-state index in [2.05, 4.69) is 57.6 Å². The standard InChI is InChI=1S/C28H38N4O2/c1-28(2,3)27(34)32-15-7-10-23(21-32)26(33)29-24-11-13-25(14-12-24)31-18-16-30(17-19-31)20-22-8-5-4-6-9-22/h4-6,8-9,11-14,23H,7,10,15-21H2,1-3H3,(H,29,33). The van der Waals surface area contributed by atoms with Crippen LogP contribution in [-0.4, -0.2) is 60.9 Å². The van der Waals surface area contributed by atoms with E-state index in [-0.39, 0.29) is 17.7 Å². The van der Waals surface area contributed by atoms with Crippen LogP contribution in [0.3, 0.4) is 0 Å². The van der Waals surface area contributed by atoms with E-state index >= 15 is 0 Å². The molecule has 2 fully saturated rings. The molecular formula is C28H38N4O2. The molecule has 0 radical (unpaired) electrons. The molecule has 6 heteroatoms. The monoisotopic (exact) mass is 462 g/mol. The number of amides is 2. The number of piperazine rings is 1. The fourth-order valence-electron chi connectivity index (χ4n) is 4.86.